The standard InChI is InChI=1S/C19H17F3N2O2S/c1-2-23-17(25)9-12-3-6-14(7-4-12)26-11-18-24-15-10-13(19(20,21)22)5-8-16(15)27-18/h3-8,10H,2,9,11H2,1H3,(H,23,25). The minimum Gasteiger partial charge on any atom is -0.486 e. The highest BCUT2D eigenvalue weighted by Crippen LogP contribution is 2.33. The molecule has 1 aromatic heterocycles. The third-order valence-electron chi connectivity index (χ3n) is 3.78. The molecule has 0 atom stereocenters. The second-order valence-electron chi connectivity index (χ2n) is 5.85. The fraction of sp³-hybridized carbons (Fsp3) is 0.263. The number of ether oxygens (including phenoxy) is 1. The van der Waals surface area contributed by atoms with Crippen molar-refractivity contribution < 1.29 is 22.7 Å². The Morgan fingerprint density at radius 1 is 1.19 bits per heavy atom. The average Bonchev–Trinajstić information content (AvgIpc) is 3.02. The summed E-state index contributed by atoms with van der Waals surface area (Å²) >= 11 is 1.30. The van der Waals surface area contributed by atoms with Gasteiger partial charge in [0.2, 0.25) is 5.91 Å². The molecule has 0 bridgehead atoms. The smallest absolute Gasteiger partial charge is 0.416 e. The third-order valence-corrected chi connectivity index (χ3v) is 4.79. The number of fused-ring (bicyclic) bond motifs is 1. The van der Waals surface area contributed by atoms with Gasteiger partial charge in [-0.25, -0.2) is 4.98 Å². The van der Waals surface area contributed by atoms with Gasteiger partial charge in [-0.1, -0.05) is 12.1 Å². The van der Waals surface area contributed by atoms with E-state index < -0.39 is 11.7 Å². The van der Waals surface area contributed by atoms with Gasteiger partial charge >= 0.3 is 6.18 Å². The Morgan fingerprint density at radius 3 is 2.59 bits per heavy atom. The van der Waals surface area contributed by atoms with Gasteiger partial charge in [-0.05, 0) is 42.8 Å². The van der Waals surface area contributed by atoms with Gasteiger partial charge in [0.1, 0.15) is 17.4 Å². The minimum absolute atomic E-state index is 0.0427. The molecule has 1 heterocycles. The van der Waals surface area contributed by atoms with Gasteiger partial charge in [-0.3, -0.25) is 4.79 Å². The molecule has 0 radical (unpaired) electrons. The summed E-state index contributed by atoms with van der Waals surface area (Å²) in [5.41, 5.74) is 0.467. The van der Waals surface area contributed by atoms with E-state index in [4.69, 9.17) is 4.74 Å². The first-order valence-electron chi connectivity index (χ1n) is 8.30. The van der Waals surface area contributed by atoms with Crippen molar-refractivity contribution >= 4 is 27.5 Å². The molecule has 0 saturated heterocycles. The van der Waals surface area contributed by atoms with Crippen LogP contribution in [-0.4, -0.2) is 17.4 Å². The number of carbonyl (C=O) groups is 1. The zero-order valence-corrected chi connectivity index (χ0v) is 15.3. The maximum absolute atomic E-state index is 12.8. The molecule has 0 saturated carbocycles. The first-order chi connectivity index (χ1) is 12.8. The second kappa shape index (κ2) is 7.96. The molecule has 0 aliphatic rings. The highest BCUT2D eigenvalue weighted by atomic mass is 32.1. The number of alkyl halides is 3. The predicted octanol–water partition coefficient (Wildman–Crippen LogP) is 4.57. The number of amides is 1. The fourth-order valence-electron chi connectivity index (χ4n) is 2.51. The van der Waals surface area contributed by atoms with Crippen LogP contribution in [0.15, 0.2) is 42.5 Å². The number of hydrogen-bond acceptors (Lipinski definition) is 4. The molecule has 3 rings (SSSR count). The number of benzene rings is 2. The molecule has 1 amide bonds. The Bertz CT molecular complexity index is 936. The molecular weight excluding hydrogens is 377 g/mol. The van der Waals surface area contributed by atoms with Gasteiger partial charge in [0, 0.05) is 6.54 Å². The number of thiazole rings is 1. The SMILES string of the molecule is CCNC(=O)Cc1ccc(OCc2nc3cc(C(F)(F)F)ccc3s2)cc1. The van der Waals surface area contributed by atoms with Crippen LogP contribution in [0.1, 0.15) is 23.1 Å². The lowest BCUT2D eigenvalue weighted by molar-refractivity contribution is -0.137. The van der Waals surface area contributed by atoms with Crippen LogP contribution >= 0.6 is 11.3 Å². The van der Waals surface area contributed by atoms with E-state index in [0.717, 1.165) is 17.7 Å². The van der Waals surface area contributed by atoms with Crippen molar-refractivity contribution in [1.29, 1.82) is 0 Å². The summed E-state index contributed by atoms with van der Waals surface area (Å²) < 4.78 is 44.6. The number of carbonyl (C=O) groups excluding carboxylic acids is 1. The molecule has 142 valence electrons. The molecule has 0 aliphatic heterocycles. The van der Waals surface area contributed by atoms with E-state index in [1.54, 1.807) is 24.3 Å². The Morgan fingerprint density at radius 2 is 1.93 bits per heavy atom. The maximum Gasteiger partial charge on any atom is 0.416 e. The van der Waals surface area contributed by atoms with E-state index in [2.05, 4.69) is 10.3 Å². The summed E-state index contributed by atoms with van der Waals surface area (Å²) in [6.45, 7) is 2.61. The van der Waals surface area contributed by atoms with Crippen LogP contribution < -0.4 is 10.1 Å². The lowest BCUT2D eigenvalue weighted by Crippen LogP contribution is -2.24. The molecule has 4 nitrogen and oxygen atoms in total. The molecule has 3 aromatic rings. The largest absolute Gasteiger partial charge is 0.486 e. The Balaban J connectivity index is 1.63. The quantitative estimate of drug-likeness (QED) is 0.666. The number of hydrogen-bond donors (Lipinski definition) is 1. The fourth-order valence-corrected chi connectivity index (χ4v) is 3.37. The summed E-state index contributed by atoms with van der Waals surface area (Å²) in [6.07, 6.45) is -4.09. The number of rotatable bonds is 6. The van der Waals surface area contributed by atoms with Crippen LogP contribution in [0.2, 0.25) is 0 Å². The average molecular weight is 394 g/mol. The molecule has 1 N–H and O–H groups in total. The Hall–Kier alpha value is -2.61. The van der Waals surface area contributed by atoms with E-state index in [0.29, 0.717) is 33.9 Å². The molecule has 0 fully saturated rings. The zero-order chi connectivity index (χ0) is 19.4. The first kappa shape index (κ1) is 19.2. The van der Waals surface area contributed by atoms with Crippen LogP contribution in [-0.2, 0) is 24.0 Å². The molecule has 0 unspecified atom stereocenters. The summed E-state index contributed by atoms with van der Waals surface area (Å²) in [6, 6.07) is 10.6. The van der Waals surface area contributed by atoms with Crippen LogP contribution in [0.5, 0.6) is 5.75 Å². The van der Waals surface area contributed by atoms with Gasteiger partial charge in [0.05, 0.1) is 22.2 Å². The Kier molecular flexibility index (Phi) is 5.65. The van der Waals surface area contributed by atoms with Crippen molar-refractivity contribution in [3.8, 4) is 5.75 Å². The maximum atomic E-state index is 12.8. The van der Waals surface area contributed by atoms with E-state index in [-0.39, 0.29) is 12.5 Å². The summed E-state index contributed by atoms with van der Waals surface area (Å²) in [5.74, 6) is 0.559. The molecule has 2 aromatic carbocycles. The molecule has 27 heavy (non-hydrogen) atoms. The van der Waals surface area contributed by atoms with E-state index in [1.807, 2.05) is 6.92 Å². The van der Waals surface area contributed by atoms with Crippen molar-refractivity contribution in [2.45, 2.75) is 26.1 Å². The number of halogens is 3. The van der Waals surface area contributed by atoms with E-state index in [1.165, 1.54) is 17.4 Å². The first-order valence-corrected chi connectivity index (χ1v) is 9.12. The molecular formula is C19H17F3N2O2S. The minimum atomic E-state index is -4.38. The van der Waals surface area contributed by atoms with Crippen molar-refractivity contribution in [1.82, 2.24) is 10.3 Å². The van der Waals surface area contributed by atoms with E-state index in [9.17, 15) is 18.0 Å². The predicted molar refractivity (Wildman–Crippen MR) is 97.8 cm³/mol. The second-order valence-corrected chi connectivity index (χ2v) is 6.97. The number of nitrogens with one attached hydrogen (secondary N) is 1. The van der Waals surface area contributed by atoms with Gasteiger partial charge in [-0.15, -0.1) is 11.3 Å². The highest BCUT2D eigenvalue weighted by Gasteiger charge is 2.30. The normalized spacial score (nSPS) is 11.6. The summed E-state index contributed by atoms with van der Waals surface area (Å²) in [4.78, 5) is 15.8. The molecule has 0 spiro atoms. The van der Waals surface area contributed by atoms with Crippen LogP contribution in [0.3, 0.4) is 0 Å². The molecule has 0 aliphatic carbocycles. The lowest BCUT2D eigenvalue weighted by atomic mass is 10.1. The van der Waals surface area contributed by atoms with Gasteiger partial charge in [0.25, 0.3) is 0 Å². The summed E-state index contributed by atoms with van der Waals surface area (Å²) in [5, 5.41) is 3.33. The Labute approximate surface area is 158 Å². The van der Waals surface area contributed by atoms with Crippen LogP contribution in [0.25, 0.3) is 10.2 Å². The van der Waals surface area contributed by atoms with Gasteiger partial charge in [0.15, 0.2) is 0 Å². The highest BCUT2D eigenvalue weighted by molar-refractivity contribution is 7.18. The summed E-state index contributed by atoms with van der Waals surface area (Å²) in [7, 11) is 0. The van der Waals surface area contributed by atoms with Crippen LogP contribution in [0, 0.1) is 0 Å². The lowest BCUT2D eigenvalue weighted by Gasteiger charge is -2.06. The van der Waals surface area contributed by atoms with Gasteiger partial charge < -0.3 is 10.1 Å². The van der Waals surface area contributed by atoms with Crippen molar-refractivity contribution in [3.05, 3.63) is 58.6 Å². The van der Waals surface area contributed by atoms with Crippen molar-refractivity contribution in [2.75, 3.05) is 6.54 Å². The van der Waals surface area contributed by atoms with Crippen LogP contribution in [0.4, 0.5) is 13.2 Å². The number of likely N-dealkylation sites (N-methyl/N-ethyl adjacent to an activating group) is 1. The topological polar surface area (TPSA) is 51.2 Å². The molecule has 8 heteroatoms. The third kappa shape index (κ3) is 4.97. The number of nitrogens with zero attached hydrogens (tertiary/aromatic N) is 1. The number of aromatic nitrogens is 1. The van der Waals surface area contributed by atoms with Gasteiger partial charge in [-0.2, -0.15) is 13.2 Å². The van der Waals surface area contributed by atoms with E-state index >= 15 is 0 Å². The zero-order valence-electron chi connectivity index (χ0n) is 14.5. The van der Waals surface area contributed by atoms with Crippen molar-refractivity contribution in [2.24, 2.45) is 0 Å². The van der Waals surface area contributed by atoms with Crippen molar-refractivity contribution in [3.63, 3.8) is 0 Å². The monoisotopic (exact) mass is 394 g/mol.